The number of aryl methyl sites for hydroxylation is 1. The minimum atomic E-state index is -2.73. The molecule has 5 nitrogen and oxygen atoms in total. The molecule has 2 aromatic heterocycles. The number of nitrogens with zero attached hydrogens (tertiary/aromatic N) is 4. The van der Waals surface area contributed by atoms with E-state index in [1.165, 1.54) is 17.9 Å². The zero-order valence-electron chi connectivity index (χ0n) is 10.6. The van der Waals surface area contributed by atoms with Gasteiger partial charge in [0.1, 0.15) is 6.33 Å². The summed E-state index contributed by atoms with van der Waals surface area (Å²) in [4.78, 5) is 19.9. The van der Waals surface area contributed by atoms with E-state index in [1.54, 1.807) is 0 Å². The first-order chi connectivity index (χ1) is 8.23. The van der Waals surface area contributed by atoms with Crippen LogP contribution in [0.5, 0.6) is 0 Å². The Balaban J connectivity index is 2.83. The van der Waals surface area contributed by atoms with Crippen LogP contribution < -0.4 is 5.56 Å². The molecule has 0 bridgehead atoms. The molecule has 2 aromatic rings. The molecule has 0 saturated carbocycles. The maximum atomic E-state index is 12.7. The van der Waals surface area contributed by atoms with Crippen molar-refractivity contribution < 1.29 is 8.78 Å². The van der Waals surface area contributed by atoms with Crippen LogP contribution in [0.3, 0.4) is 0 Å². The van der Waals surface area contributed by atoms with E-state index in [0.717, 1.165) is 4.57 Å². The van der Waals surface area contributed by atoms with E-state index in [2.05, 4.69) is 9.97 Å². The molecule has 0 amide bonds. The molecule has 2 rings (SSSR count). The van der Waals surface area contributed by atoms with Gasteiger partial charge in [-0.1, -0.05) is 0 Å². The third-order valence-electron chi connectivity index (χ3n) is 2.75. The number of rotatable bonds is 1. The van der Waals surface area contributed by atoms with Gasteiger partial charge in [0.25, 0.3) is 12.0 Å². The molecule has 0 saturated heterocycles. The van der Waals surface area contributed by atoms with Gasteiger partial charge in [0.15, 0.2) is 17.0 Å². The van der Waals surface area contributed by atoms with Crippen LogP contribution in [0.4, 0.5) is 8.78 Å². The van der Waals surface area contributed by atoms with E-state index in [9.17, 15) is 13.6 Å². The quantitative estimate of drug-likeness (QED) is 0.782. The predicted octanol–water partition coefficient (Wildman–Crippen LogP) is 1.82. The van der Waals surface area contributed by atoms with Crippen molar-refractivity contribution in [2.45, 2.75) is 32.7 Å². The maximum absolute atomic E-state index is 12.7. The number of hydrogen-bond acceptors (Lipinski definition) is 3. The summed E-state index contributed by atoms with van der Waals surface area (Å²) < 4.78 is 27.9. The second-order valence-electron chi connectivity index (χ2n) is 5.09. The molecular formula is C11H14F2N4O. The molecule has 18 heavy (non-hydrogen) atoms. The number of hydrogen-bond donors (Lipinski definition) is 0. The average Bonchev–Trinajstić information content (AvgIpc) is 2.55. The van der Waals surface area contributed by atoms with Crippen LogP contribution in [0.1, 0.15) is 33.0 Å². The fourth-order valence-corrected chi connectivity index (χ4v) is 1.78. The van der Waals surface area contributed by atoms with Crippen molar-refractivity contribution in [3.63, 3.8) is 0 Å². The molecular weight excluding hydrogens is 242 g/mol. The first-order valence-electron chi connectivity index (χ1n) is 5.46. The lowest BCUT2D eigenvalue weighted by Crippen LogP contribution is -2.34. The van der Waals surface area contributed by atoms with E-state index < -0.39 is 17.8 Å². The van der Waals surface area contributed by atoms with Gasteiger partial charge in [0, 0.05) is 12.6 Å². The molecule has 0 fully saturated rings. The highest BCUT2D eigenvalue weighted by molar-refractivity contribution is 5.70. The highest BCUT2D eigenvalue weighted by Gasteiger charge is 2.23. The van der Waals surface area contributed by atoms with Gasteiger partial charge in [-0.05, 0) is 20.8 Å². The normalized spacial score (nSPS) is 12.6. The lowest BCUT2D eigenvalue weighted by Gasteiger charge is -2.21. The number of imidazole rings is 1. The Labute approximate surface area is 102 Å². The topological polar surface area (TPSA) is 52.7 Å². The summed E-state index contributed by atoms with van der Waals surface area (Å²) in [5, 5.41) is 0. The molecule has 98 valence electrons. The molecule has 0 N–H and O–H groups in total. The van der Waals surface area contributed by atoms with Crippen molar-refractivity contribution in [2.24, 2.45) is 7.05 Å². The minimum Gasteiger partial charge on any atom is -0.320 e. The van der Waals surface area contributed by atoms with Gasteiger partial charge >= 0.3 is 0 Å². The maximum Gasteiger partial charge on any atom is 0.295 e. The van der Waals surface area contributed by atoms with Gasteiger partial charge in [0.2, 0.25) is 0 Å². The summed E-state index contributed by atoms with van der Waals surface area (Å²) in [6.45, 7) is 5.52. The second-order valence-corrected chi connectivity index (χ2v) is 5.09. The van der Waals surface area contributed by atoms with Gasteiger partial charge in [-0.15, -0.1) is 0 Å². The smallest absolute Gasteiger partial charge is 0.295 e. The zero-order valence-corrected chi connectivity index (χ0v) is 10.6. The molecule has 2 heterocycles. The van der Waals surface area contributed by atoms with Crippen molar-refractivity contribution in [3.05, 3.63) is 22.5 Å². The summed E-state index contributed by atoms with van der Waals surface area (Å²) in [7, 11) is 1.40. The third kappa shape index (κ3) is 1.79. The van der Waals surface area contributed by atoms with Crippen LogP contribution in [0.25, 0.3) is 11.2 Å². The predicted molar refractivity (Wildman–Crippen MR) is 62.7 cm³/mol. The largest absolute Gasteiger partial charge is 0.320 e. The van der Waals surface area contributed by atoms with Crippen molar-refractivity contribution in [1.82, 2.24) is 19.1 Å². The fraction of sp³-hybridized carbons (Fsp3) is 0.545. The fourth-order valence-electron chi connectivity index (χ4n) is 1.78. The van der Waals surface area contributed by atoms with E-state index in [-0.39, 0.29) is 16.7 Å². The van der Waals surface area contributed by atoms with Crippen LogP contribution in [0.2, 0.25) is 0 Å². The summed E-state index contributed by atoms with van der Waals surface area (Å²) in [6, 6.07) is 0. The van der Waals surface area contributed by atoms with Crippen molar-refractivity contribution >= 4 is 11.2 Å². The molecule has 0 aromatic carbocycles. The number of aromatic nitrogens is 4. The average molecular weight is 256 g/mol. The van der Waals surface area contributed by atoms with E-state index in [1.807, 2.05) is 20.8 Å². The highest BCUT2D eigenvalue weighted by Crippen LogP contribution is 2.20. The Bertz CT molecular complexity index is 651. The summed E-state index contributed by atoms with van der Waals surface area (Å²) in [6.07, 6.45) is -1.39. The SMILES string of the molecule is Cn1c(C(F)F)nc2ncn(C(C)(C)C)c(=O)c21. The monoisotopic (exact) mass is 256 g/mol. The van der Waals surface area contributed by atoms with E-state index in [4.69, 9.17) is 0 Å². The molecule has 0 radical (unpaired) electrons. The summed E-state index contributed by atoms with van der Waals surface area (Å²) in [5.74, 6) is -0.443. The lowest BCUT2D eigenvalue weighted by molar-refractivity contribution is 0.137. The van der Waals surface area contributed by atoms with Crippen LogP contribution >= 0.6 is 0 Å². The first-order valence-corrected chi connectivity index (χ1v) is 5.46. The van der Waals surface area contributed by atoms with Crippen molar-refractivity contribution in [1.29, 1.82) is 0 Å². The Hall–Kier alpha value is -1.79. The number of halogens is 2. The van der Waals surface area contributed by atoms with Crippen LogP contribution in [0, 0.1) is 0 Å². The van der Waals surface area contributed by atoms with E-state index >= 15 is 0 Å². The second kappa shape index (κ2) is 3.86. The highest BCUT2D eigenvalue weighted by atomic mass is 19.3. The molecule has 0 aliphatic carbocycles. The van der Waals surface area contributed by atoms with Gasteiger partial charge in [-0.2, -0.15) is 0 Å². The zero-order chi connectivity index (χ0) is 13.7. The van der Waals surface area contributed by atoms with Gasteiger partial charge in [-0.25, -0.2) is 18.7 Å². The molecule has 0 aliphatic rings. The molecule has 0 atom stereocenters. The lowest BCUT2D eigenvalue weighted by atomic mass is 10.1. The molecule has 0 aliphatic heterocycles. The van der Waals surface area contributed by atoms with Crippen molar-refractivity contribution in [3.8, 4) is 0 Å². The molecule has 0 unspecified atom stereocenters. The molecule has 0 spiro atoms. The van der Waals surface area contributed by atoms with Crippen LogP contribution in [-0.4, -0.2) is 19.1 Å². The van der Waals surface area contributed by atoms with Crippen LogP contribution in [-0.2, 0) is 12.6 Å². The van der Waals surface area contributed by atoms with Gasteiger partial charge < -0.3 is 4.57 Å². The first kappa shape index (κ1) is 12.7. The summed E-state index contributed by atoms with van der Waals surface area (Å²) in [5.41, 5.74) is -0.677. The van der Waals surface area contributed by atoms with Gasteiger partial charge in [0.05, 0.1) is 0 Å². The van der Waals surface area contributed by atoms with E-state index in [0.29, 0.717) is 0 Å². The Morgan fingerprint density at radius 1 is 1.33 bits per heavy atom. The standard InChI is InChI=1S/C11H14F2N4O/c1-11(2,3)17-5-14-8-6(10(17)18)16(4)9(15-8)7(12)13/h5,7H,1-4H3. The Morgan fingerprint density at radius 3 is 2.44 bits per heavy atom. The Kier molecular flexibility index (Phi) is 2.71. The van der Waals surface area contributed by atoms with Crippen molar-refractivity contribution in [2.75, 3.05) is 0 Å². The number of fused-ring (bicyclic) bond motifs is 1. The Morgan fingerprint density at radius 2 is 1.94 bits per heavy atom. The minimum absolute atomic E-state index is 0.0540. The third-order valence-corrected chi connectivity index (χ3v) is 2.75. The van der Waals surface area contributed by atoms with Crippen LogP contribution in [0.15, 0.2) is 11.1 Å². The molecule has 7 heteroatoms. The summed E-state index contributed by atoms with van der Waals surface area (Å²) >= 11 is 0. The van der Waals surface area contributed by atoms with Gasteiger partial charge in [-0.3, -0.25) is 9.36 Å². The number of alkyl halides is 2.